The third-order valence-electron chi connectivity index (χ3n) is 3.65. The second kappa shape index (κ2) is 6.91. The predicted octanol–water partition coefficient (Wildman–Crippen LogP) is 3.24. The van der Waals surface area contributed by atoms with Gasteiger partial charge in [0.05, 0.1) is 12.8 Å². The van der Waals surface area contributed by atoms with Crippen LogP contribution in [0.1, 0.15) is 31.1 Å². The van der Waals surface area contributed by atoms with Crippen LogP contribution in [0.25, 0.3) is 0 Å². The lowest BCUT2D eigenvalue weighted by Crippen LogP contribution is -2.30. The largest absolute Gasteiger partial charge is 0.496 e. The summed E-state index contributed by atoms with van der Waals surface area (Å²) in [7, 11) is 3.78. The van der Waals surface area contributed by atoms with Gasteiger partial charge in [0.2, 0.25) is 0 Å². The molecular weight excluding hydrogens is 282 g/mol. The van der Waals surface area contributed by atoms with E-state index in [1.807, 2.05) is 30.5 Å². The summed E-state index contributed by atoms with van der Waals surface area (Å²) in [5.41, 5.74) is 8.04. The van der Waals surface area contributed by atoms with Crippen molar-refractivity contribution in [3.63, 3.8) is 0 Å². The maximum absolute atomic E-state index is 5.87. The lowest BCUT2D eigenvalue weighted by molar-refractivity contribution is 0.408. The molecule has 2 unspecified atom stereocenters. The van der Waals surface area contributed by atoms with Gasteiger partial charge in [0, 0.05) is 24.5 Å². The van der Waals surface area contributed by atoms with Crippen LogP contribution in [0.2, 0.25) is 0 Å². The zero-order valence-electron chi connectivity index (χ0n) is 13.0. The van der Waals surface area contributed by atoms with Gasteiger partial charge >= 0.3 is 0 Å². The highest BCUT2D eigenvalue weighted by atomic mass is 32.1. The molecule has 0 aliphatic rings. The monoisotopic (exact) mass is 305 g/mol. The van der Waals surface area contributed by atoms with E-state index in [1.165, 1.54) is 5.56 Å². The highest BCUT2D eigenvalue weighted by Gasteiger charge is 2.16. The minimum atomic E-state index is -0.0204. The van der Waals surface area contributed by atoms with Crippen LogP contribution in [0.5, 0.6) is 5.75 Å². The molecule has 1 aromatic carbocycles. The molecule has 2 rings (SSSR count). The zero-order chi connectivity index (χ0) is 15.4. The Hall–Kier alpha value is -1.59. The first kappa shape index (κ1) is 15.8. The summed E-state index contributed by atoms with van der Waals surface area (Å²) in [6.45, 7) is 4.15. The number of aromatic nitrogens is 1. The van der Waals surface area contributed by atoms with Crippen LogP contribution < -0.4 is 15.4 Å². The van der Waals surface area contributed by atoms with Gasteiger partial charge in [-0.3, -0.25) is 0 Å². The van der Waals surface area contributed by atoms with Crippen molar-refractivity contribution in [3.8, 4) is 5.75 Å². The van der Waals surface area contributed by atoms with Crippen molar-refractivity contribution >= 4 is 16.5 Å². The van der Waals surface area contributed by atoms with Crippen molar-refractivity contribution in [1.29, 1.82) is 0 Å². The van der Waals surface area contributed by atoms with E-state index in [-0.39, 0.29) is 6.04 Å². The number of ether oxygens (including phenoxy) is 1. The van der Waals surface area contributed by atoms with Crippen molar-refractivity contribution in [2.45, 2.75) is 32.4 Å². The number of anilines is 1. The predicted molar refractivity (Wildman–Crippen MR) is 89.3 cm³/mol. The van der Waals surface area contributed by atoms with E-state index < -0.39 is 0 Å². The molecule has 4 nitrogen and oxygen atoms in total. The number of methoxy groups -OCH3 is 1. The van der Waals surface area contributed by atoms with Crippen LogP contribution in [0.3, 0.4) is 0 Å². The number of nitrogens with zero attached hydrogens (tertiary/aromatic N) is 2. The van der Waals surface area contributed by atoms with Gasteiger partial charge < -0.3 is 15.4 Å². The molecule has 1 heterocycles. The third-order valence-corrected chi connectivity index (χ3v) is 4.60. The average molecular weight is 305 g/mol. The van der Waals surface area contributed by atoms with Crippen molar-refractivity contribution < 1.29 is 4.74 Å². The summed E-state index contributed by atoms with van der Waals surface area (Å²) in [5.74, 6) is 0.938. The maximum Gasteiger partial charge on any atom is 0.185 e. The fourth-order valence-electron chi connectivity index (χ4n) is 2.16. The fourth-order valence-corrected chi connectivity index (χ4v) is 3.16. The van der Waals surface area contributed by atoms with Crippen LogP contribution in [-0.4, -0.2) is 25.2 Å². The van der Waals surface area contributed by atoms with Crippen molar-refractivity contribution in [2.75, 3.05) is 19.1 Å². The van der Waals surface area contributed by atoms with E-state index in [1.54, 1.807) is 18.4 Å². The molecule has 2 N–H and O–H groups in total. The molecule has 0 aliphatic heterocycles. The molecule has 0 aliphatic carbocycles. The van der Waals surface area contributed by atoms with Crippen molar-refractivity contribution in [1.82, 2.24) is 4.98 Å². The van der Waals surface area contributed by atoms with Crippen LogP contribution in [0.15, 0.2) is 29.6 Å². The molecule has 1 aromatic heterocycles. The van der Waals surface area contributed by atoms with E-state index in [0.717, 1.165) is 23.0 Å². The van der Waals surface area contributed by atoms with Crippen LogP contribution in [-0.2, 0) is 6.42 Å². The van der Waals surface area contributed by atoms with Gasteiger partial charge in [-0.25, -0.2) is 4.98 Å². The molecule has 0 spiro atoms. The Bertz CT molecular complexity index is 582. The quantitative estimate of drug-likeness (QED) is 0.890. The van der Waals surface area contributed by atoms with Crippen molar-refractivity contribution in [3.05, 3.63) is 40.9 Å². The molecule has 2 atom stereocenters. The highest BCUT2D eigenvalue weighted by Crippen LogP contribution is 2.26. The second-order valence-electron chi connectivity index (χ2n) is 5.32. The number of thiazole rings is 1. The zero-order valence-corrected chi connectivity index (χ0v) is 13.9. The minimum Gasteiger partial charge on any atom is -0.496 e. The normalized spacial score (nSPS) is 13.8. The molecular formula is C16H23N3OS. The van der Waals surface area contributed by atoms with Gasteiger partial charge in [-0.15, -0.1) is 11.3 Å². The van der Waals surface area contributed by atoms with Crippen LogP contribution >= 0.6 is 11.3 Å². The summed E-state index contributed by atoms with van der Waals surface area (Å²) in [4.78, 5) is 6.80. The Morgan fingerprint density at radius 2 is 2.05 bits per heavy atom. The fraction of sp³-hybridized carbons (Fsp3) is 0.438. The number of benzene rings is 1. The standard InChI is InChI=1S/C16H23N3OS/c1-11(9-13-7-5-6-8-15(13)20-4)19(3)16-18-14(10-21-16)12(2)17/h5-8,10-12H,9,17H2,1-4H3. The Morgan fingerprint density at radius 3 is 2.67 bits per heavy atom. The smallest absolute Gasteiger partial charge is 0.185 e. The van der Waals surface area contributed by atoms with Gasteiger partial charge in [0.25, 0.3) is 0 Å². The lowest BCUT2D eigenvalue weighted by Gasteiger charge is -2.25. The first-order chi connectivity index (χ1) is 10.0. The molecule has 21 heavy (non-hydrogen) atoms. The molecule has 0 saturated carbocycles. The van der Waals surface area contributed by atoms with Crippen LogP contribution in [0, 0.1) is 0 Å². The number of likely N-dealkylation sites (N-methyl/N-ethyl adjacent to an activating group) is 1. The van der Waals surface area contributed by atoms with E-state index in [0.29, 0.717) is 6.04 Å². The molecule has 2 aromatic rings. The number of hydrogen-bond donors (Lipinski definition) is 1. The molecule has 5 heteroatoms. The molecule has 0 radical (unpaired) electrons. The molecule has 0 fully saturated rings. The first-order valence-corrected chi connectivity index (χ1v) is 7.96. The molecule has 0 bridgehead atoms. The topological polar surface area (TPSA) is 51.4 Å². The first-order valence-electron chi connectivity index (χ1n) is 7.08. The SMILES string of the molecule is COc1ccccc1CC(C)N(C)c1nc(C(C)N)cs1. The highest BCUT2D eigenvalue weighted by molar-refractivity contribution is 7.13. The van der Waals surface area contributed by atoms with E-state index in [2.05, 4.69) is 29.9 Å². The Morgan fingerprint density at radius 1 is 1.33 bits per heavy atom. The van der Waals surface area contributed by atoms with Gasteiger partial charge in [-0.1, -0.05) is 18.2 Å². The van der Waals surface area contributed by atoms with Crippen molar-refractivity contribution in [2.24, 2.45) is 5.73 Å². The molecule has 0 saturated heterocycles. The summed E-state index contributed by atoms with van der Waals surface area (Å²) >= 11 is 1.64. The summed E-state index contributed by atoms with van der Waals surface area (Å²) in [6.07, 6.45) is 0.910. The number of para-hydroxylation sites is 1. The number of rotatable bonds is 6. The molecule has 114 valence electrons. The summed E-state index contributed by atoms with van der Waals surface area (Å²) in [5, 5.41) is 3.04. The minimum absolute atomic E-state index is 0.0204. The van der Waals surface area contributed by atoms with E-state index >= 15 is 0 Å². The van der Waals surface area contributed by atoms with Crippen LogP contribution in [0.4, 0.5) is 5.13 Å². The Kier molecular flexibility index (Phi) is 5.20. The van der Waals surface area contributed by atoms with E-state index in [4.69, 9.17) is 10.5 Å². The van der Waals surface area contributed by atoms with Gasteiger partial charge in [0.1, 0.15) is 5.75 Å². The summed E-state index contributed by atoms with van der Waals surface area (Å²) in [6, 6.07) is 8.45. The third kappa shape index (κ3) is 3.74. The van der Waals surface area contributed by atoms with E-state index in [9.17, 15) is 0 Å². The van der Waals surface area contributed by atoms with Gasteiger partial charge in [0.15, 0.2) is 5.13 Å². The average Bonchev–Trinajstić information content (AvgIpc) is 2.97. The van der Waals surface area contributed by atoms with Gasteiger partial charge in [-0.2, -0.15) is 0 Å². The second-order valence-corrected chi connectivity index (χ2v) is 6.16. The lowest BCUT2D eigenvalue weighted by atomic mass is 10.1. The Labute approximate surface area is 130 Å². The number of hydrogen-bond acceptors (Lipinski definition) is 5. The number of nitrogens with two attached hydrogens (primary N) is 1. The molecule has 0 amide bonds. The summed E-state index contributed by atoms with van der Waals surface area (Å²) < 4.78 is 5.42. The Balaban J connectivity index is 2.09. The maximum atomic E-state index is 5.87. The van der Waals surface area contributed by atoms with Gasteiger partial charge in [-0.05, 0) is 31.9 Å².